The minimum atomic E-state index is 0.582. The lowest BCUT2D eigenvalue weighted by molar-refractivity contribution is 0.332. The summed E-state index contributed by atoms with van der Waals surface area (Å²) in [7, 11) is 0. The molecule has 1 aromatic rings. The van der Waals surface area contributed by atoms with Gasteiger partial charge in [-0.05, 0) is 49.1 Å². The third-order valence-corrected chi connectivity index (χ3v) is 4.68. The fourth-order valence-electron chi connectivity index (χ4n) is 3.22. The summed E-state index contributed by atoms with van der Waals surface area (Å²) in [5.41, 5.74) is 3.11. The molecule has 0 heterocycles. The van der Waals surface area contributed by atoms with E-state index in [2.05, 4.69) is 50.4 Å². The summed E-state index contributed by atoms with van der Waals surface area (Å²) in [6.07, 6.45) is 7.73. The van der Waals surface area contributed by atoms with Gasteiger partial charge < -0.3 is 5.32 Å². The van der Waals surface area contributed by atoms with E-state index in [4.69, 9.17) is 0 Å². The van der Waals surface area contributed by atoms with E-state index in [1.54, 1.807) is 11.1 Å². The maximum Gasteiger partial charge on any atom is 0.0325 e. The highest BCUT2D eigenvalue weighted by Gasteiger charge is 2.22. The molecule has 0 spiro atoms. The van der Waals surface area contributed by atoms with Crippen LogP contribution in [0.15, 0.2) is 24.3 Å². The Morgan fingerprint density at radius 1 is 1.21 bits per heavy atom. The number of hydrogen-bond donors (Lipinski definition) is 1. The van der Waals surface area contributed by atoms with Crippen LogP contribution in [0.2, 0.25) is 0 Å². The Morgan fingerprint density at radius 3 is 2.74 bits per heavy atom. The summed E-state index contributed by atoms with van der Waals surface area (Å²) < 4.78 is 0. The molecule has 1 aromatic carbocycles. The van der Waals surface area contributed by atoms with Gasteiger partial charge in [0.25, 0.3) is 0 Å². The van der Waals surface area contributed by atoms with Crippen LogP contribution in [0.5, 0.6) is 0 Å². The van der Waals surface area contributed by atoms with Gasteiger partial charge in [-0.1, -0.05) is 51.5 Å². The highest BCUT2D eigenvalue weighted by molar-refractivity contribution is 5.32. The molecule has 0 radical (unpaired) electrons. The van der Waals surface area contributed by atoms with E-state index in [1.165, 1.54) is 38.5 Å². The third kappa shape index (κ3) is 3.82. The Balaban J connectivity index is 2.02. The first-order valence-electron chi connectivity index (χ1n) is 8.08. The van der Waals surface area contributed by atoms with Crippen LogP contribution in [0.1, 0.15) is 70.0 Å². The summed E-state index contributed by atoms with van der Waals surface area (Å²) in [6, 6.07) is 10.2. The standard InChI is InChI=1S/C18H29N/c1-4-14(3)13-16(5-2)19-18-12-8-10-15-9-6-7-11-17(15)18/h6-7,9,11,14,16,18-19H,4-5,8,10,12-13H2,1-3H3. The monoisotopic (exact) mass is 259 g/mol. The van der Waals surface area contributed by atoms with Crippen LogP contribution in [-0.4, -0.2) is 6.04 Å². The molecule has 19 heavy (non-hydrogen) atoms. The van der Waals surface area contributed by atoms with Crippen molar-refractivity contribution < 1.29 is 0 Å². The number of benzene rings is 1. The van der Waals surface area contributed by atoms with E-state index < -0.39 is 0 Å². The van der Waals surface area contributed by atoms with Gasteiger partial charge in [0.2, 0.25) is 0 Å². The molecule has 1 nitrogen and oxygen atoms in total. The largest absolute Gasteiger partial charge is 0.307 e. The molecule has 106 valence electrons. The molecule has 0 amide bonds. The summed E-state index contributed by atoms with van der Waals surface area (Å²) >= 11 is 0. The summed E-state index contributed by atoms with van der Waals surface area (Å²) in [5, 5.41) is 3.93. The Morgan fingerprint density at radius 2 is 2.00 bits per heavy atom. The van der Waals surface area contributed by atoms with Gasteiger partial charge in [0.1, 0.15) is 0 Å². The van der Waals surface area contributed by atoms with Crippen molar-refractivity contribution in [1.82, 2.24) is 5.32 Å². The Kier molecular flexibility index (Phi) is 5.45. The number of nitrogens with one attached hydrogen (secondary N) is 1. The van der Waals surface area contributed by atoms with E-state index in [9.17, 15) is 0 Å². The van der Waals surface area contributed by atoms with Crippen molar-refractivity contribution >= 4 is 0 Å². The van der Waals surface area contributed by atoms with E-state index in [0.717, 1.165) is 5.92 Å². The molecule has 1 aliphatic carbocycles. The van der Waals surface area contributed by atoms with Gasteiger partial charge in [-0.3, -0.25) is 0 Å². The van der Waals surface area contributed by atoms with E-state index >= 15 is 0 Å². The van der Waals surface area contributed by atoms with Gasteiger partial charge in [-0.2, -0.15) is 0 Å². The lowest BCUT2D eigenvalue weighted by atomic mass is 9.86. The molecule has 0 aliphatic heterocycles. The number of fused-ring (bicyclic) bond motifs is 1. The van der Waals surface area contributed by atoms with Crippen molar-refractivity contribution in [1.29, 1.82) is 0 Å². The van der Waals surface area contributed by atoms with Crippen LogP contribution in [0, 0.1) is 5.92 Å². The van der Waals surface area contributed by atoms with Crippen LogP contribution in [0.3, 0.4) is 0 Å². The molecular weight excluding hydrogens is 230 g/mol. The van der Waals surface area contributed by atoms with Crippen molar-refractivity contribution in [2.75, 3.05) is 0 Å². The van der Waals surface area contributed by atoms with Crippen LogP contribution < -0.4 is 5.32 Å². The first kappa shape index (κ1) is 14.6. The lowest BCUT2D eigenvalue weighted by Gasteiger charge is -2.31. The second-order valence-electron chi connectivity index (χ2n) is 6.16. The molecule has 3 atom stereocenters. The Hall–Kier alpha value is -0.820. The summed E-state index contributed by atoms with van der Waals surface area (Å²) in [4.78, 5) is 0. The maximum absolute atomic E-state index is 3.93. The van der Waals surface area contributed by atoms with E-state index in [0.29, 0.717) is 12.1 Å². The summed E-state index contributed by atoms with van der Waals surface area (Å²) in [6.45, 7) is 6.99. The van der Waals surface area contributed by atoms with Crippen molar-refractivity contribution in [2.24, 2.45) is 5.92 Å². The average Bonchev–Trinajstić information content (AvgIpc) is 2.46. The number of hydrogen-bond acceptors (Lipinski definition) is 1. The SMILES string of the molecule is CCC(C)CC(CC)NC1CCCc2ccccc21. The highest BCUT2D eigenvalue weighted by atomic mass is 15.0. The smallest absolute Gasteiger partial charge is 0.0325 e. The van der Waals surface area contributed by atoms with Gasteiger partial charge in [0.15, 0.2) is 0 Å². The minimum Gasteiger partial charge on any atom is -0.307 e. The van der Waals surface area contributed by atoms with Gasteiger partial charge >= 0.3 is 0 Å². The van der Waals surface area contributed by atoms with Crippen LogP contribution in [0.25, 0.3) is 0 Å². The minimum absolute atomic E-state index is 0.582. The fraction of sp³-hybridized carbons (Fsp3) is 0.667. The predicted molar refractivity (Wildman–Crippen MR) is 83.4 cm³/mol. The van der Waals surface area contributed by atoms with E-state index in [1.807, 2.05) is 0 Å². The van der Waals surface area contributed by atoms with Crippen LogP contribution >= 0.6 is 0 Å². The molecule has 0 saturated heterocycles. The zero-order valence-corrected chi connectivity index (χ0v) is 12.8. The molecule has 0 saturated carbocycles. The first-order chi connectivity index (χ1) is 9.24. The zero-order valence-electron chi connectivity index (χ0n) is 12.8. The van der Waals surface area contributed by atoms with Crippen molar-refractivity contribution in [3.8, 4) is 0 Å². The molecule has 1 heteroatoms. The molecule has 0 aromatic heterocycles. The quantitative estimate of drug-likeness (QED) is 0.768. The second kappa shape index (κ2) is 7.09. The molecule has 0 bridgehead atoms. The van der Waals surface area contributed by atoms with Crippen molar-refractivity contribution in [3.05, 3.63) is 35.4 Å². The summed E-state index contributed by atoms with van der Waals surface area (Å²) in [5.74, 6) is 0.830. The van der Waals surface area contributed by atoms with Crippen LogP contribution in [0.4, 0.5) is 0 Å². The van der Waals surface area contributed by atoms with E-state index in [-0.39, 0.29) is 0 Å². The first-order valence-corrected chi connectivity index (χ1v) is 8.08. The molecule has 0 fully saturated rings. The molecule has 1 aliphatic rings. The van der Waals surface area contributed by atoms with Gasteiger partial charge in [0.05, 0.1) is 0 Å². The lowest BCUT2D eigenvalue weighted by Crippen LogP contribution is -2.35. The van der Waals surface area contributed by atoms with Gasteiger partial charge in [0, 0.05) is 12.1 Å². The topological polar surface area (TPSA) is 12.0 Å². The van der Waals surface area contributed by atoms with Gasteiger partial charge in [-0.15, -0.1) is 0 Å². The number of aryl methyl sites for hydroxylation is 1. The maximum atomic E-state index is 3.93. The normalized spacial score (nSPS) is 21.7. The highest BCUT2D eigenvalue weighted by Crippen LogP contribution is 2.30. The zero-order chi connectivity index (χ0) is 13.7. The molecular formula is C18H29N. The van der Waals surface area contributed by atoms with Crippen LogP contribution in [-0.2, 0) is 6.42 Å². The molecule has 2 rings (SSSR count). The molecule has 1 N–H and O–H groups in total. The number of rotatable bonds is 6. The third-order valence-electron chi connectivity index (χ3n) is 4.68. The van der Waals surface area contributed by atoms with Crippen molar-refractivity contribution in [3.63, 3.8) is 0 Å². The average molecular weight is 259 g/mol. The fourth-order valence-corrected chi connectivity index (χ4v) is 3.22. The van der Waals surface area contributed by atoms with Gasteiger partial charge in [-0.25, -0.2) is 0 Å². The predicted octanol–water partition coefficient (Wildman–Crippen LogP) is 4.87. The molecule has 3 unspecified atom stereocenters. The Bertz CT molecular complexity index is 385. The Labute approximate surface area is 118 Å². The second-order valence-corrected chi connectivity index (χ2v) is 6.16. The van der Waals surface area contributed by atoms with Crippen molar-refractivity contribution in [2.45, 2.75) is 71.4 Å².